The fourth-order valence-electron chi connectivity index (χ4n) is 1.13. The minimum absolute atomic E-state index is 0.250. The molecule has 2 heteroatoms. The van der Waals surface area contributed by atoms with Crippen LogP contribution in [0, 0.1) is 5.41 Å². The van der Waals surface area contributed by atoms with Crippen LogP contribution in [0.1, 0.15) is 39.5 Å². The number of amides is 1. The Morgan fingerprint density at radius 1 is 1.40 bits per heavy atom. The van der Waals surface area contributed by atoms with Gasteiger partial charge in [0.25, 0.3) is 0 Å². The van der Waals surface area contributed by atoms with Gasteiger partial charge in [-0.2, -0.15) is 0 Å². The Hall–Kier alpha value is -0.530. The number of carbonyl (C=O) groups excluding carboxylic acids is 1. The van der Waals surface area contributed by atoms with E-state index in [1.165, 1.54) is 25.7 Å². The highest BCUT2D eigenvalue weighted by Crippen LogP contribution is 2.51. The van der Waals surface area contributed by atoms with E-state index in [0.29, 0.717) is 0 Å². The summed E-state index contributed by atoms with van der Waals surface area (Å²) in [6, 6.07) is 0. The smallest absolute Gasteiger partial charge is 0.204 e. The Labute approximate surface area is 62.8 Å². The molecule has 1 aliphatic rings. The van der Waals surface area contributed by atoms with Gasteiger partial charge in [-0.1, -0.05) is 26.7 Å². The minimum atomic E-state index is 0.250. The molecule has 1 saturated carbocycles. The lowest BCUT2D eigenvalue weighted by atomic mass is 10.0. The van der Waals surface area contributed by atoms with Gasteiger partial charge in [0, 0.05) is 0 Å². The Morgan fingerprint density at radius 3 is 1.70 bits per heavy atom. The van der Waals surface area contributed by atoms with Crippen LogP contribution in [0.3, 0.4) is 0 Å². The molecule has 2 N–H and O–H groups in total. The van der Waals surface area contributed by atoms with Gasteiger partial charge in [-0.3, -0.25) is 4.79 Å². The van der Waals surface area contributed by atoms with Crippen molar-refractivity contribution in [2.24, 2.45) is 11.1 Å². The SMILES string of the molecule is CCC1(CC)CC1.NC=O. The summed E-state index contributed by atoms with van der Waals surface area (Å²) in [6.07, 6.45) is 6.06. The van der Waals surface area contributed by atoms with Crippen LogP contribution in [0.15, 0.2) is 0 Å². The molecule has 1 fully saturated rings. The first-order valence-corrected chi connectivity index (χ1v) is 3.90. The molecule has 0 radical (unpaired) electrons. The molecule has 0 aromatic rings. The Morgan fingerprint density at radius 2 is 1.70 bits per heavy atom. The van der Waals surface area contributed by atoms with Crippen molar-refractivity contribution in [2.75, 3.05) is 0 Å². The molecular formula is C8H17NO. The summed E-state index contributed by atoms with van der Waals surface area (Å²) >= 11 is 0. The van der Waals surface area contributed by atoms with Gasteiger partial charge in [0.1, 0.15) is 0 Å². The molecule has 0 bridgehead atoms. The van der Waals surface area contributed by atoms with Crippen molar-refractivity contribution in [2.45, 2.75) is 39.5 Å². The van der Waals surface area contributed by atoms with E-state index in [2.05, 4.69) is 19.6 Å². The molecule has 2 nitrogen and oxygen atoms in total. The lowest BCUT2D eigenvalue weighted by molar-refractivity contribution is -0.106. The maximum absolute atomic E-state index is 8.58. The molecule has 0 aromatic carbocycles. The van der Waals surface area contributed by atoms with Crippen LogP contribution in [0.4, 0.5) is 0 Å². The summed E-state index contributed by atoms with van der Waals surface area (Å²) in [5, 5.41) is 0. The molecular weight excluding hydrogens is 126 g/mol. The number of rotatable bonds is 2. The molecule has 0 aromatic heterocycles. The predicted octanol–water partition coefficient (Wildman–Crippen LogP) is 1.69. The zero-order valence-corrected chi connectivity index (χ0v) is 6.89. The molecule has 0 heterocycles. The quantitative estimate of drug-likeness (QED) is 0.587. The molecule has 0 unspecified atom stereocenters. The zero-order valence-electron chi connectivity index (χ0n) is 6.89. The van der Waals surface area contributed by atoms with Crippen LogP contribution in [-0.2, 0) is 4.79 Å². The van der Waals surface area contributed by atoms with Gasteiger partial charge in [-0.25, -0.2) is 0 Å². The van der Waals surface area contributed by atoms with E-state index in [-0.39, 0.29) is 6.41 Å². The normalized spacial score (nSPS) is 18.6. The fraction of sp³-hybridized carbons (Fsp3) is 0.875. The second kappa shape index (κ2) is 4.31. The van der Waals surface area contributed by atoms with Crippen molar-refractivity contribution >= 4 is 6.41 Å². The molecule has 0 atom stereocenters. The average Bonchev–Trinajstić information content (AvgIpc) is 2.69. The number of primary amides is 1. The van der Waals surface area contributed by atoms with Crippen molar-refractivity contribution in [3.63, 3.8) is 0 Å². The van der Waals surface area contributed by atoms with Crippen LogP contribution in [0.25, 0.3) is 0 Å². The van der Waals surface area contributed by atoms with E-state index in [1.54, 1.807) is 0 Å². The lowest BCUT2D eigenvalue weighted by Gasteiger charge is -2.04. The third-order valence-corrected chi connectivity index (χ3v) is 2.46. The Kier molecular flexibility index (Phi) is 4.08. The van der Waals surface area contributed by atoms with E-state index in [4.69, 9.17) is 4.79 Å². The molecule has 1 aliphatic carbocycles. The van der Waals surface area contributed by atoms with E-state index >= 15 is 0 Å². The van der Waals surface area contributed by atoms with Gasteiger partial charge in [0.2, 0.25) is 6.41 Å². The zero-order chi connectivity index (χ0) is 8.04. The first-order valence-electron chi connectivity index (χ1n) is 3.90. The Bertz CT molecular complexity index is 91.4. The van der Waals surface area contributed by atoms with Gasteiger partial charge in [0.15, 0.2) is 0 Å². The number of hydrogen-bond acceptors (Lipinski definition) is 1. The van der Waals surface area contributed by atoms with E-state index in [9.17, 15) is 0 Å². The molecule has 1 rings (SSSR count). The van der Waals surface area contributed by atoms with E-state index in [1.807, 2.05) is 0 Å². The predicted molar refractivity (Wildman–Crippen MR) is 42.5 cm³/mol. The second-order valence-corrected chi connectivity index (χ2v) is 2.84. The first kappa shape index (κ1) is 9.47. The molecule has 1 amide bonds. The first-order chi connectivity index (χ1) is 4.74. The van der Waals surface area contributed by atoms with Crippen molar-refractivity contribution in [3.05, 3.63) is 0 Å². The van der Waals surface area contributed by atoms with Crippen LogP contribution in [0.2, 0.25) is 0 Å². The topological polar surface area (TPSA) is 43.1 Å². The highest BCUT2D eigenvalue weighted by atomic mass is 16.1. The summed E-state index contributed by atoms with van der Waals surface area (Å²) in [6.45, 7) is 4.60. The van der Waals surface area contributed by atoms with Gasteiger partial charge < -0.3 is 5.73 Å². The van der Waals surface area contributed by atoms with Crippen LogP contribution in [-0.4, -0.2) is 6.41 Å². The van der Waals surface area contributed by atoms with Crippen molar-refractivity contribution < 1.29 is 4.79 Å². The Balaban J connectivity index is 0.000000236. The monoisotopic (exact) mass is 143 g/mol. The molecule has 0 aliphatic heterocycles. The molecule has 60 valence electrons. The third-order valence-electron chi connectivity index (χ3n) is 2.46. The average molecular weight is 143 g/mol. The fourth-order valence-corrected chi connectivity index (χ4v) is 1.13. The van der Waals surface area contributed by atoms with Crippen LogP contribution >= 0.6 is 0 Å². The van der Waals surface area contributed by atoms with E-state index in [0.717, 1.165) is 5.41 Å². The largest absolute Gasteiger partial charge is 0.372 e. The highest BCUT2D eigenvalue weighted by Gasteiger charge is 2.37. The number of carbonyl (C=O) groups is 1. The summed E-state index contributed by atoms with van der Waals surface area (Å²) in [5.74, 6) is 0. The molecule has 0 spiro atoms. The molecule has 0 saturated heterocycles. The van der Waals surface area contributed by atoms with Crippen LogP contribution < -0.4 is 5.73 Å². The van der Waals surface area contributed by atoms with Gasteiger partial charge in [-0.15, -0.1) is 0 Å². The second-order valence-electron chi connectivity index (χ2n) is 2.84. The highest BCUT2D eigenvalue weighted by molar-refractivity contribution is 5.42. The van der Waals surface area contributed by atoms with Crippen molar-refractivity contribution in [3.8, 4) is 0 Å². The number of hydrogen-bond donors (Lipinski definition) is 1. The molecule has 10 heavy (non-hydrogen) atoms. The number of nitrogens with two attached hydrogens (primary N) is 1. The van der Waals surface area contributed by atoms with Gasteiger partial charge in [-0.05, 0) is 18.3 Å². The summed E-state index contributed by atoms with van der Waals surface area (Å²) in [4.78, 5) is 8.58. The summed E-state index contributed by atoms with van der Waals surface area (Å²) < 4.78 is 0. The van der Waals surface area contributed by atoms with Gasteiger partial charge in [0.05, 0.1) is 0 Å². The lowest BCUT2D eigenvalue weighted by Crippen LogP contribution is -1.92. The standard InChI is InChI=1S/C7H14.CH3NO/c1-3-7(4-2)5-6-7;2-1-3/h3-6H2,1-2H3;1H,(H2,2,3). The van der Waals surface area contributed by atoms with Crippen molar-refractivity contribution in [1.82, 2.24) is 0 Å². The summed E-state index contributed by atoms with van der Waals surface area (Å²) in [5.41, 5.74) is 5.00. The summed E-state index contributed by atoms with van der Waals surface area (Å²) in [7, 11) is 0. The van der Waals surface area contributed by atoms with Gasteiger partial charge >= 0.3 is 0 Å². The van der Waals surface area contributed by atoms with Crippen molar-refractivity contribution in [1.29, 1.82) is 0 Å². The van der Waals surface area contributed by atoms with E-state index < -0.39 is 0 Å². The maximum Gasteiger partial charge on any atom is 0.204 e. The minimum Gasteiger partial charge on any atom is -0.372 e. The third kappa shape index (κ3) is 2.85. The maximum atomic E-state index is 8.58. The van der Waals surface area contributed by atoms with Crippen LogP contribution in [0.5, 0.6) is 0 Å².